The molecule has 0 aliphatic rings. The smallest absolute Gasteiger partial charge is 0.312 e. The first-order valence-electron chi connectivity index (χ1n) is 6.04. The van der Waals surface area contributed by atoms with E-state index in [0.29, 0.717) is 11.1 Å². The minimum atomic E-state index is -0.627. The molecule has 2 rings (SSSR count). The third-order valence-electron chi connectivity index (χ3n) is 2.69. The molecule has 20 heavy (non-hydrogen) atoms. The number of carbonyl (C=O) groups is 2. The lowest BCUT2D eigenvalue weighted by atomic mass is 10.1. The molecule has 0 atom stereocenters. The van der Waals surface area contributed by atoms with Crippen LogP contribution in [0.5, 0.6) is 0 Å². The zero-order valence-electron chi connectivity index (χ0n) is 10.7. The monoisotopic (exact) mass is 273 g/mol. The van der Waals surface area contributed by atoms with Crippen molar-refractivity contribution in [1.29, 1.82) is 0 Å². The highest BCUT2D eigenvalue weighted by Crippen LogP contribution is 2.19. The number of nitrogens with two attached hydrogens (primary N) is 2. The van der Waals surface area contributed by atoms with Gasteiger partial charge in [0.1, 0.15) is 5.82 Å². The summed E-state index contributed by atoms with van der Waals surface area (Å²) in [6.07, 6.45) is 0. The van der Waals surface area contributed by atoms with Gasteiger partial charge in [-0.3, -0.25) is 4.79 Å². The first-order valence-corrected chi connectivity index (χ1v) is 6.04. The zero-order chi connectivity index (χ0) is 14.5. The molecule has 0 bridgehead atoms. The SMILES string of the molecule is NC(=O)NCCNC(=O)c1cc(N)nc2ccccc12. The van der Waals surface area contributed by atoms with Gasteiger partial charge < -0.3 is 22.1 Å². The van der Waals surface area contributed by atoms with E-state index in [-0.39, 0.29) is 24.8 Å². The van der Waals surface area contributed by atoms with Crippen LogP contribution in [0.4, 0.5) is 10.6 Å². The van der Waals surface area contributed by atoms with Gasteiger partial charge in [-0.15, -0.1) is 0 Å². The molecule has 7 nitrogen and oxygen atoms in total. The summed E-state index contributed by atoms with van der Waals surface area (Å²) < 4.78 is 0. The molecule has 6 N–H and O–H groups in total. The van der Waals surface area contributed by atoms with Gasteiger partial charge in [0.25, 0.3) is 5.91 Å². The van der Waals surface area contributed by atoms with Crippen molar-refractivity contribution in [3.63, 3.8) is 0 Å². The topological polar surface area (TPSA) is 123 Å². The summed E-state index contributed by atoms with van der Waals surface area (Å²) in [6, 6.07) is 8.14. The summed E-state index contributed by atoms with van der Waals surface area (Å²) in [5, 5.41) is 5.79. The fraction of sp³-hybridized carbons (Fsp3) is 0.154. The van der Waals surface area contributed by atoms with Gasteiger partial charge in [-0.2, -0.15) is 0 Å². The van der Waals surface area contributed by atoms with Crippen LogP contribution in [0.1, 0.15) is 10.4 Å². The van der Waals surface area contributed by atoms with E-state index in [4.69, 9.17) is 11.5 Å². The maximum absolute atomic E-state index is 12.1. The number of carbonyl (C=O) groups excluding carboxylic acids is 2. The molecule has 1 heterocycles. The van der Waals surface area contributed by atoms with E-state index in [1.165, 1.54) is 6.07 Å². The number of nitrogens with one attached hydrogen (secondary N) is 2. The number of para-hydroxylation sites is 1. The van der Waals surface area contributed by atoms with Crippen molar-refractivity contribution in [2.24, 2.45) is 5.73 Å². The average molecular weight is 273 g/mol. The lowest BCUT2D eigenvalue weighted by Gasteiger charge is -2.09. The number of pyridine rings is 1. The minimum Gasteiger partial charge on any atom is -0.384 e. The Kier molecular flexibility index (Phi) is 3.99. The normalized spacial score (nSPS) is 10.2. The van der Waals surface area contributed by atoms with Gasteiger partial charge >= 0.3 is 6.03 Å². The zero-order valence-corrected chi connectivity index (χ0v) is 10.7. The second-order valence-electron chi connectivity index (χ2n) is 4.16. The predicted molar refractivity (Wildman–Crippen MR) is 76.1 cm³/mol. The Bertz CT molecular complexity index is 656. The first kappa shape index (κ1) is 13.6. The quantitative estimate of drug-likeness (QED) is 0.595. The molecular formula is C13H15N5O2. The minimum absolute atomic E-state index is 0.263. The third-order valence-corrected chi connectivity index (χ3v) is 2.69. The van der Waals surface area contributed by atoms with Crippen molar-refractivity contribution in [1.82, 2.24) is 15.6 Å². The first-order chi connectivity index (χ1) is 9.58. The molecule has 0 aliphatic heterocycles. The number of nitrogen functional groups attached to an aromatic ring is 1. The summed E-state index contributed by atoms with van der Waals surface area (Å²) in [7, 11) is 0. The highest BCUT2D eigenvalue weighted by Gasteiger charge is 2.11. The van der Waals surface area contributed by atoms with E-state index in [2.05, 4.69) is 15.6 Å². The third kappa shape index (κ3) is 3.14. The molecule has 104 valence electrons. The highest BCUT2D eigenvalue weighted by molar-refractivity contribution is 6.06. The number of benzene rings is 1. The van der Waals surface area contributed by atoms with Crippen LogP contribution in [0.25, 0.3) is 10.9 Å². The van der Waals surface area contributed by atoms with E-state index < -0.39 is 6.03 Å². The number of fused-ring (bicyclic) bond motifs is 1. The van der Waals surface area contributed by atoms with Crippen molar-refractivity contribution >= 4 is 28.7 Å². The van der Waals surface area contributed by atoms with Crippen molar-refractivity contribution < 1.29 is 9.59 Å². The Morgan fingerprint density at radius 2 is 1.85 bits per heavy atom. The Balaban J connectivity index is 2.15. The number of amides is 3. The van der Waals surface area contributed by atoms with Gasteiger partial charge in [0.15, 0.2) is 0 Å². The molecule has 0 fully saturated rings. The van der Waals surface area contributed by atoms with Gasteiger partial charge in [-0.25, -0.2) is 9.78 Å². The van der Waals surface area contributed by atoms with E-state index in [1.807, 2.05) is 12.1 Å². The maximum Gasteiger partial charge on any atom is 0.312 e. The fourth-order valence-corrected chi connectivity index (χ4v) is 1.84. The van der Waals surface area contributed by atoms with Crippen molar-refractivity contribution in [3.05, 3.63) is 35.9 Å². The van der Waals surface area contributed by atoms with Gasteiger partial charge in [-0.1, -0.05) is 18.2 Å². The predicted octanol–water partition coefficient (Wildman–Crippen LogP) is 0.215. The largest absolute Gasteiger partial charge is 0.384 e. The average Bonchev–Trinajstić information content (AvgIpc) is 2.42. The number of nitrogens with zero attached hydrogens (tertiary/aromatic N) is 1. The number of hydrogen-bond acceptors (Lipinski definition) is 4. The molecule has 0 radical (unpaired) electrons. The fourth-order valence-electron chi connectivity index (χ4n) is 1.84. The van der Waals surface area contributed by atoms with Crippen molar-refractivity contribution in [2.45, 2.75) is 0 Å². The van der Waals surface area contributed by atoms with Crippen LogP contribution >= 0.6 is 0 Å². The molecule has 0 aliphatic carbocycles. The van der Waals surface area contributed by atoms with Gasteiger partial charge in [0, 0.05) is 18.5 Å². The maximum atomic E-state index is 12.1. The number of primary amides is 1. The molecule has 7 heteroatoms. The number of aromatic nitrogens is 1. The molecular weight excluding hydrogens is 258 g/mol. The number of anilines is 1. The van der Waals surface area contributed by atoms with Crippen LogP contribution < -0.4 is 22.1 Å². The summed E-state index contributed by atoms with van der Waals surface area (Å²) >= 11 is 0. The number of hydrogen-bond donors (Lipinski definition) is 4. The van der Waals surface area contributed by atoms with Gasteiger partial charge in [-0.05, 0) is 12.1 Å². The Morgan fingerprint density at radius 1 is 1.15 bits per heavy atom. The summed E-state index contributed by atoms with van der Waals surface area (Å²) in [5.41, 5.74) is 11.7. The van der Waals surface area contributed by atoms with E-state index in [9.17, 15) is 9.59 Å². The summed E-state index contributed by atoms with van der Waals surface area (Å²) in [5.74, 6) is 0.00526. The second kappa shape index (κ2) is 5.87. The van der Waals surface area contributed by atoms with E-state index >= 15 is 0 Å². The molecule has 1 aromatic carbocycles. The van der Waals surface area contributed by atoms with Crippen LogP contribution in [-0.4, -0.2) is 30.0 Å². The van der Waals surface area contributed by atoms with Crippen molar-refractivity contribution in [3.8, 4) is 0 Å². The standard InChI is InChI=1S/C13H15N5O2/c14-11-7-9(8-3-1-2-4-10(8)18-11)12(19)16-5-6-17-13(15)20/h1-4,7H,5-6H2,(H2,14,18)(H,16,19)(H3,15,17,20). The van der Waals surface area contributed by atoms with Crippen molar-refractivity contribution in [2.75, 3.05) is 18.8 Å². The molecule has 1 aromatic heterocycles. The lowest BCUT2D eigenvalue weighted by molar-refractivity contribution is 0.0955. The van der Waals surface area contributed by atoms with E-state index in [1.54, 1.807) is 12.1 Å². The molecule has 2 aromatic rings. The Hall–Kier alpha value is -2.83. The number of urea groups is 1. The van der Waals surface area contributed by atoms with Crippen LogP contribution in [0.2, 0.25) is 0 Å². The lowest BCUT2D eigenvalue weighted by Crippen LogP contribution is -2.37. The van der Waals surface area contributed by atoms with E-state index in [0.717, 1.165) is 5.39 Å². The molecule has 3 amide bonds. The molecule has 0 saturated carbocycles. The number of rotatable bonds is 4. The van der Waals surface area contributed by atoms with Crippen LogP contribution in [-0.2, 0) is 0 Å². The second-order valence-corrected chi connectivity index (χ2v) is 4.16. The molecule has 0 saturated heterocycles. The molecule has 0 unspecified atom stereocenters. The van der Waals surface area contributed by atoms with Gasteiger partial charge in [0.05, 0.1) is 11.1 Å². The van der Waals surface area contributed by atoms with Crippen LogP contribution in [0.3, 0.4) is 0 Å². The summed E-state index contributed by atoms with van der Waals surface area (Å²) in [4.78, 5) is 26.8. The Labute approximate surface area is 115 Å². The van der Waals surface area contributed by atoms with Gasteiger partial charge in [0.2, 0.25) is 0 Å². The highest BCUT2D eigenvalue weighted by atomic mass is 16.2. The molecule has 0 spiro atoms. The van der Waals surface area contributed by atoms with Crippen LogP contribution in [0.15, 0.2) is 30.3 Å². The summed E-state index contributed by atoms with van der Waals surface area (Å²) in [6.45, 7) is 0.540. The Morgan fingerprint density at radius 3 is 2.60 bits per heavy atom. The van der Waals surface area contributed by atoms with Crippen LogP contribution in [0, 0.1) is 0 Å².